The SMILES string of the molecule is Cc1ccc(C2(C)NC(=O)N(CC(=O)Nc3cc(Cl)ccc3N(C)C)C2=O)cc1. The number of halogens is 1. The molecule has 0 spiro atoms. The standard InChI is InChI=1S/C21H23ClN4O3/c1-13-5-7-14(8-6-13)21(2)19(28)26(20(29)24-21)12-18(27)23-16-11-15(22)9-10-17(16)25(3)4/h5-11H,12H2,1-4H3,(H,23,27)(H,24,29). The fourth-order valence-electron chi connectivity index (χ4n) is 3.25. The van der Waals surface area contributed by atoms with Crippen LogP contribution in [0, 0.1) is 6.92 Å². The Hall–Kier alpha value is -3.06. The van der Waals surface area contributed by atoms with Crippen LogP contribution in [0.5, 0.6) is 0 Å². The van der Waals surface area contributed by atoms with Crippen LogP contribution in [0.3, 0.4) is 0 Å². The van der Waals surface area contributed by atoms with E-state index in [0.29, 0.717) is 16.3 Å². The molecule has 0 saturated carbocycles. The minimum Gasteiger partial charge on any atom is -0.376 e. The van der Waals surface area contributed by atoms with Gasteiger partial charge in [-0.1, -0.05) is 41.4 Å². The van der Waals surface area contributed by atoms with Gasteiger partial charge in [0.25, 0.3) is 5.91 Å². The van der Waals surface area contributed by atoms with E-state index in [9.17, 15) is 14.4 Å². The lowest BCUT2D eigenvalue weighted by atomic mass is 9.91. The largest absolute Gasteiger partial charge is 0.376 e. The first-order chi connectivity index (χ1) is 13.6. The van der Waals surface area contributed by atoms with Gasteiger partial charge < -0.3 is 15.5 Å². The monoisotopic (exact) mass is 414 g/mol. The summed E-state index contributed by atoms with van der Waals surface area (Å²) in [6.45, 7) is 3.18. The van der Waals surface area contributed by atoms with E-state index in [1.807, 2.05) is 38.1 Å². The van der Waals surface area contributed by atoms with Crippen molar-refractivity contribution in [2.45, 2.75) is 19.4 Å². The summed E-state index contributed by atoms with van der Waals surface area (Å²) in [5, 5.41) is 5.90. The molecule has 1 aliphatic heterocycles. The topological polar surface area (TPSA) is 81.8 Å². The van der Waals surface area contributed by atoms with Crippen molar-refractivity contribution in [2.24, 2.45) is 0 Å². The zero-order chi connectivity index (χ0) is 21.3. The van der Waals surface area contributed by atoms with Crippen LogP contribution in [0.2, 0.25) is 5.02 Å². The highest BCUT2D eigenvalue weighted by Gasteiger charge is 2.49. The normalized spacial score (nSPS) is 18.6. The predicted octanol–water partition coefficient (Wildman–Crippen LogP) is 3.12. The number of urea groups is 1. The lowest BCUT2D eigenvalue weighted by Crippen LogP contribution is -2.42. The number of nitrogens with zero attached hydrogens (tertiary/aromatic N) is 2. The molecule has 4 amide bonds. The second-order valence-corrected chi connectivity index (χ2v) is 7.85. The number of benzene rings is 2. The number of hydrogen-bond donors (Lipinski definition) is 2. The van der Waals surface area contributed by atoms with Gasteiger partial charge in [-0.05, 0) is 37.6 Å². The molecule has 1 atom stereocenters. The van der Waals surface area contributed by atoms with Crippen molar-refractivity contribution in [1.29, 1.82) is 0 Å². The number of amides is 4. The molecule has 0 bridgehead atoms. The number of anilines is 2. The molecule has 0 aliphatic carbocycles. The molecule has 1 heterocycles. The van der Waals surface area contributed by atoms with Crippen molar-refractivity contribution in [3.05, 3.63) is 58.6 Å². The molecule has 2 aromatic rings. The van der Waals surface area contributed by atoms with E-state index in [-0.39, 0.29) is 0 Å². The fourth-order valence-corrected chi connectivity index (χ4v) is 3.43. The third kappa shape index (κ3) is 4.05. The van der Waals surface area contributed by atoms with E-state index < -0.39 is 29.9 Å². The lowest BCUT2D eigenvalue weighted by molar-refractivity contribution is -0.133. The second-order valence-electron chi connectivity index (χ2n) is 7.42. The van der Waals surface area contributed by atoms with Crippen LogP contribution in [0.1, 0.15) is 18.1 Å². The molecule has 1 aliphatic rings. The summed E-state index contributed by atoms with van der Waals surface area (Å²) in [4.78, 5) is 40.8. The molecule has 3 rings (SSSR count). The van der Waals surface area contributed by atoms with Gasteiger partial charge in [-0.3, -0.25) is 14.5 Å². The number of nitrogens with one attached hydrogen (secondary N) is 2. The number of carbonyl (C=O) groups excluding carboxylic acids is 3. The van der Waals surface area contributed by atoms with E-state index in [1.165, 1.54) is 0 Å². The molecule has 2 aromatic carbocycles. The number of imide groups is 1. The van der Waals surface area contributed by atoms with Crippen LogP contribution in [0.15, 0.2) is 42.5 Å². The highest BCUT2D eigenvalue weighted by Crippen LogP contribution is 2.30. The van der Waals surface area contributed by atoms with Gasteiger partial charge in [-0.25, -0.2) is 4.79 Å². The number of hydrogen-bond acceptors (Lipinski definition) is 4. The molecule has 1 saturated heterocycles. The molecule has 152 valence electrons. The zero-order valence-corrected chi connectivity index (χ0v) is 17.5. The summed E-state index contributed by atoms with van der Waals surface area (Å²) in [6, 6.07) is 11.9. The van der Waals surface area contributed by atoms with E-state index in [0.717, 1.165) is 16.2 Å². The average molecular weight is 415 g/mol. The van der Waals surface area contributed by atoms with Gasteiger partial charge in [-0.2, -0.15) is 0 Å². The number of carbonyl (C=O) groups is 3. The van der Waals surface area contributed by atoms with Crippen molar-refractivity contribution in [3.8, 4) is 0 Å². The predicted molar refractivity (Wildman–Crippen MR) is 113 cm³/mol. The van der Waals surface area contributed by atoms with Gasteiger partial charge in [0, 0.05) is 19.1 Å². The van der Waals surface area contributed by atoms with Crippen LogP contribution >= 0.6 is 11.6 Å². The third-order valence-electron chi connectivity index (χ3n) is 4.92. The van der Waals surface area contributed by atoms with Gasteiger partial charge in [0.2, 0.25) is 5.91 Å². The van der Waals surface area contributed by atoms with Gasteiger partial charge in [0.1, 0.15) is 12.1 Å². The van der Waals surface area contributed by atoms with Gasteiger partial charge in [0.05, 0.1) is 11.4 Å². The van der Waals surface area contributed by atoms with E-state index in [4.69, 9.17) is 11.6 Å². The first-order valence-corrected chi connectivity index (χ1v) is 9.47. The van der Waals surface area contributed by atoms with Crippen LogP contribution in [-0.4, -0.2) is 43.4 Å². The molecule has 0 radical (unpaired) electrons. The number of aryl methyl sites for hydroxylation is 1. The first kappa shape index (κ1) is 20.7. The van der Waals surface area contributed by atoms with Crippen LogP contribution in [-0.2, 0) is 15.1 Å². The second kappa shape index (κ2) is 7.75. The van der Waals surface area contributed by atoms with Crippen LogP contribution in [0.4, 0.5) is 16.2 Å². The Labute approximate surface area is 174 Å². The van der Waals surface area contributed by atoms with Crippen LogP contribution < -0.4 is 15.5 Å². The Balaban J connectivity index is 1.78. The quantitative estimate of drug-likeness (QED) is 0.736. The van der Waals surface area contributed by atoms with Crippen molar-refractivity contribution in [3.63, 3.8) is 0 Å². The molecule has 0 aromatic heterocycles. The summed E-state index contributed by atoms with van der Waals surface area (Å²) < 4.78 is 0. The maximum atomic E-state index is 13.0. The smallest absolute Gasteiger partial charge is 0.325 e. The van der Waals surface area contributed by atoms with Gasteiger partial charge >= 0.3 is 6.03 Å². The molecule has 2 N–H and O–H groups in total. The minimum absolute atomic E-state index is 0.397. The Morgan fingerprint density at radius 2 is 1.83 bits per heavy atom. The van der Waals surface area contributed by atoms with E-state index in [1.54, 1.807) is 37.3 Å². The lowest BCUT2D eigenvalue weighted by Gasteiger charge is -2.22. The van der Waals surface area contributed by atoms with E-state index in [2.05, 4.69) is 10.6 Å². The summed E-state index contributed by atoms with van der Waals surface area (Å²) in [5.41, 5.74) is 1.75. The van der Waals surface area contributed by atoms with Gasteiger partial charge in [0.15, 0.2) is 0 Å². The summed E-state index contributed by atoms with van der Waals surface area (Å²) in [7, 11) is 3.67. The first-order valence-electron chi connectivity index (χ1n) is 9.10. The van der Waals surface area contributed by atoms with Crippen molar-refractivity contribution in [1.82, 2.24) is 10.2 Å². The molecule has 1 unspecified atom stereocenters. The molecule has 8 heteroatoms. The maximum Gasteiger partial charge on any atom is 0.325 e. The summed E-state index contributed by atoms with van der Waals surface area (Å²) in [5.74, 6) is -0.965. The van der Waals surface area contributed by atoms with E-state index >= 15 is 0 Å². The molecule has 7 nitrogen and oxygen atoms in total. The fraction of sp³-hybridized carbons (Fsp3) is 0.286. The van der Waals surface area contributed by atoms with Crippen LogP contribution in [0.25, 0.3) is 0 Å². The molecular weight excluding hydrogens is 392 g/mol. The highest BCUT2D eigenvalue weighted by molar-refractivity contribution is 6.31. The minimum atomic E-state index is -1.21. The summed E-state index contributed by atoms with van der Waals surface area (Å²) in [6.07, 6.45) is 0. The molecular formula is C21H23ClN4O3. The summed E-state index contributed by atoms with van der Waals surface area (Å²) >= 11 is 6.04. The zero-order valence-electron chi connectivity index (χ0n) is 16.7. The Bertz CT molecular complexity index is 974. The van der Waals surface area contributed by atoms with Crippen molar-refractivity contribution >= 4 is 40.8 Å². The third-order valence-corrected chi connectivity index (χ3v) is 5.16. The number of rotatable bonds is 5. The van der Waals surface area contributed by atoms with Crippen molar-refractivity contribution < 1.29 is 14.4 Å². The Morgan fingerprint density at radius 1 is 1.17 bits per heavy atom. The van der Waals surface area contributed by atoms with Gasteiger partial charge in [-0.15, -0.1) is 0 Å². The molecule has 29 heavy (non-hydrogen) atoms. The molecule has 1 fully saturated rings. The average Bonchev–Trinajstić information content (AvgIpc) is 2.86. The van der Waals surface area contributed by atoms with Crippen molar-refractivity contribution in [2.75, 3.05) is 30.9 Å². The maximum absolute atomic E-state index is 13.0. The Morgan fingerprint density at radius 3 is 2.45 bits per heavy atom. The highest BCUT2D eigenvalue weighted by atomic mass is 35.5. The Kier molecular flexibility index (Phi) is 5.53.